The van der Waals surface area contributed by atoms with Crippen LogP contribution in [0.1, 0.15) is 18.1 Å². The Labute approximate surface area is 124 Å². The molecular formula is C14H14Br2N2. The van der Waals surface area contributed by atoms with Crippen LogP contribution in [0.15, 0.2) is 39.4 Å². The van der Waals surface area contributed by atoms with Crippen molar-refractivity contribution in [3.63, 3.8) is 0 Å². The van der Waals surface area contributed by atoms with Crippen molar-refractivity contribution in [1.29, 1.82) is 0 Å². The van der Waals surface area contributed by atoms with Gasteiger partial charge in [0.05, 0.1) is 4.47 Å². The molecule has 18 heavy (non-hydrogen) atoms. The lowest BCUT2D eigenvalue weighted by molar-refractivity contribution is 1.13. The number of benzene rings is 1. The molecule has 0 radical (unpaired) electrons. The average molecular weight is 370 g/mol. The Morgan fingerprint density at radius 2 is 2.00 bits per heavy atom. The van der Waals surface area contributed by atoms with Gasteiger partial charge >= 0.3 is 0 Å². The molecule has 1 aromatic heterocycles. The van der Waals surface area contributed by atoms with Crippen LogP contribution in [0.3, 0.4) is 0 Å². The third kappa shape index (κ3) is 2.93. The number of aryl methyl sites for hydroxylation is 2. The van der Waals surface area contributed by atoms with Crippen LogP contribution in [-0.2, 0) is 6.42 Å². The van der Waals surface area contributed by atoms with Crippen LogP contribution in [-0.4, -0.2) is 4.98 Å². The topological polar surface area (TPSA) is 24.9 Å². The van der Waals surface area contributed by atoms with E-state index in [4.69, 9.17) is 0 Å². The maximum absolute atomic E-state index is 4.36. The number of anilines is 2. The first-order valence-electron chi connectivity index (χ1n) is 5.78. The van der Waals surface area contributed by atoms with Gasteiger partial charge in [-0.3, -0.25) is 0 Å². The van der Waals surface area contributed by atoms with Gasteiger partial charge < -0.3 is 5.32 Å². The smallest absolute Gasteiger partial charge is 0.144 e. The Balaban J connectivity index is 2.37. The van der Waals surface area contributed by atoms with Gasteiger partial charge in [-0.1, -0.05) is 22.9 Å². The summed E-state index contributed by atoms with van der Waals surface area (Å²) in [6, 6.07) is 8.22. The van der Waals surface area contributed by atoms with Crippen molar-refractivity contribution in [2.24, 2.45) is 0 Å². The number of halogens is 2. The molecule has 0 bridgehead atoms. The molecule has 0 saturated carbocycles. The van der Waals surface area contributed by atoms with Crippen molar-refractivity contribution in [3.8, 4) is 0 Å². The van der Waals surface area contributed by atoms with E-state index < -0.39 is 0 Å². The fraction of sp³-hybridized carbons (Fsp3) is 0.214. The highest BCUT2D eigenvalue weighted by Crippen LogP contribution is 2.29. The molecule has 0 aliphatic carbocycles. The first-order chi connectivity index (χ1) is 8.61. The highest BCUT2D eigenvalue weighted by molar-refractivity contribution is 9.11. The summed E-state index contributed by atoms with van der Waals surface area (Å²) in [5, 5.41) is 3.38. The third-order valence-electron chi connectivity index (χ3n) is 2.78. The molecule has 1 N–H and O–H groups in total. The molecule has 2 rings (SSSR count). The zero-order valence-electron chi connectivity index (χ0n) is 10.3. The third-order valence-corrected chi connectivity index (χ3v) is 4.28. The number of hydrogen-bond donors (Lipinski definition) is 1. The summed E-state index contributed by atoms with van der Waals surface area (Å²) in [7, 11) is 0. The Hall–Kier alpha value is -0.870. The van der Waals surface area contributed by atoms with E-state index in [2.05, 4.69) is 68.1 Å². The van der Waals surface area contributed by atoms with Crippen molar-refractivity contribution >= 4 is 43.4 Å². The first kappa shape index (κ1) is 13.6. The minimum Gasteiger partial charge on any atom is -0.339 e. The number of aromatic nitrogens is 1. The molecule has 0 atom stereocenters. The normalized spacial score (nSPS) is 10.4. The van der Waals surface area contributed by atoms with E-state index in [-0.39, 0.29) is 0 Å². The lowest BCUT2D eigenvalue weighted by Gasteiger charge is -2.13. The van der Waals surface area contributed by atoms with Gasteiger partial charge in [0.1, 0.15) is 5.82 Å². The van der Waals surface area contributed by atoms with Gasteiger partial charge in [-0.2, -0.15) is 0 Å². The van der Waals surface area contributed by atoms with Crippen molar-refractivity contribution in [1.82, 2.24) is 4.98 Å². The van der Waals surface area contributed by atoms with E-state index in [9.17, 15) is 0 Å². The minimum absolute atomic E-state index is 0.854. The molecule has 0 amide bonds. The molecule has 0 spiro atoms. The molecule has 0 unspecified atom stereocenters. The standard InChI is InChI=1S/C14H14Br2N2/c1-3-10-8-11(15)4-5-12(10)18-14-13(16)9(2)6-7-17-14/h4-8H,3H2,1-2H3,(H,17,18). The number of nitrogens with zero attached hydrogens (tertiary/aromatic N) is 1. The zero-order chi connectivity index (χ0) is 13.1. The van der Waals surface area contributed by atoms with Crippen molar-refractivity contribution in [2.75, 3.05) is 5.32 Å². The van der Waals surface area contributed by atoms with Crippen LogP contribution in [0.4, 0.5) is 11.5 Å². The van der Waals surface area contributed by atoms with Crippen molar-refractivity contribution in [3.05, 3.63) is 50.5 Å². The maximum Gasteiger partial charge on any atom is 0.144 e. The van der Waals surface area contributed by atoms with Gasteiger partial charge in [-0.05, 0) is 64.7 Å². The second-order valence-electron chi connectivity index (χ2n) is 4.07. The summed E-state index contributed by atoms with van der Waals surface area (Å²) in [4.78, 5) is 4.36. The number of rotatable bonds is 3. The summed E-state index contributed by atoms with van der Waals surface area (Å²) >= 11 is 7.06. The Morgan fingerprint density at radius 1 is 1.22 bits per heavy atom. The molecule has 0 aliphatic rings. The summed E-state index contributed by atoms with van der Waals surface area (Å²) in [6.07, 6.45) is 2.79. The van der Waals surface area contributed by atoms with Crippen LogP contribution in [0.2, 0.25) is 0 Å². The molecule has 1 aromatic carbocycles. The monoisotopic (exact) mass is 368 g/mol. The van der Waals surface area contributed by atoms with Gasteiger partial charge in [0, 0.05) is 16.4 Å². The van der Waals surface area contributed by atoms with Gasteiger partial charge in [0.25, 0.3) is 0 Å². The molecule has 0 saturated heterocycles. The Morgan fingerprint density at radius 3 is 2.72 bits per heavy atom. The molecular weight excluding hydrogens is 356 g/mol. The molecule has 94 valence electrons. The second-order valence-corrected chi connectivity index (χ2v) is 5.78. The van der Waals surface area contributed by atoms with Gasteiger partial charge in [0.2, 0.25) is 0 Å². The van der Waals surface area contributed by atoms with Crippen molar-refractivity contribution < 1.29 is 0 Å². The van der Waals surface area contributed by atoms with Crippen LogP contribution >= 0.6 is 31.9 Å². The number of hydrogen-bond acceptors (Lipinski definition) is 2. The molecule has 0 fully saturated rings. The first-order valence-corrected chi connectivity index (χ1v) is 7.37. The highest BCUT2D eigenvalue weighted by atomic mass is 79.9. The predicted octanol–water partition coefficient (Wildman–Crippen LogP) is 5.22. The Bertz CT molecular complexity index is 568. The maximum atomic E-state index is 4.36. The lowest BCUT2D eigenvalue weighted by Crippen LogP contribution is -1.99. The summed E-state index contributed by atoms with van der Waals surface area (Å²) in [5.41, 5.74) is 3.53. The highest BCUT2D eigenvalue weighted by Gasteiger charge is 2.07. The van der Waals surface area contributed by atoms with E-state index in [1.807, 2.05) is 18.3 Å². The van der Waals surface area contributed by atoms with Crippen LogP contribution < -0.4 is 5.32 Å². The summed E-state index contributed by atoms with van der Waals surface area (Å²) < 4.78 is 2.11. The minimum atomic E-state index is 0.854. The number of pyridine rings is 1. The fourth-order valence-corrected chi connectivity index (χ4v) is 2.47. The van der Waals surface area contributed by atoms with E-state index in [1.165, 1.54) is 11.1 Å². The van der Waals surface area contributed by atoms with E-state index in [1.54, 1.807) is 0 Å². The predicted molar refractivity (Wildman–Crippen MR) is 83.5 cm³/mol. The van der Waals surface area contributed by atoms with E-state index >= 15 is 0 Å². The Kier molecular flexibility index (Phi) is 4.40. The lowest BCUT2D eigenvalue weighted by atomic mass is 10.1. The zero-order valence-corrected chi connectivity index (χ0v) is 13.5. The molecule has 2 aromatic rings. The average Bonchev–Trinajstić information content (AvgIpc) is 2.37. The molecule has 1 heterocycles. The quantitative estimate of drug-likeness (QED) is 0.801. The SMILES string of the molecule is CCc1cc(Br)ccc1Nc1nccc(C)c1Br. The van der Waals surface area contributed by atoms with Crippen LogP contribution in [0.5, 0.6) is 0 Å². The number of nitrogens with one attached hydrogen (secondary N) is 1. The van der Waals surface area contributed by atoms with Gasteiger partial charge in [-0.25, -0.2) is 4.98 Å². The molecule has 2 nitrogen and oxygen atoms in total. The molecule has 4 heteroatoms. The largest absolute Gasteiger partial charge is 0.339 e. The van der Waals surface area contributed by atoms with Gasteiger partial charge in [-0.15, -0.1) is 0 Å². The summed E-state index contributed by atoms with van der Waals surface area (Å²) in [5.74, 6) is 0.854. The van der Waals surface area contributed by atoms with E-state index in [0.29, 0.717) is 0 Å². The van der Waals surface area contributed by atoms with Crippen molar-refractivity contribution in [2.45, 2.75) is 20.3 Å². The van der Waals surface area contributed by atoms with Crippen LogP contribution in [0.25, 0.3) is 0 Å². The fourth-order valence-electron chi connectivity index (χ4n) is 1.73. The summed E-state index contributed by atoms with van der Waals surface area (Å²) in [6.45, 7) is 4.20. The van der Waals surface area contributed by atoms with E-state index in [0.717, 1.165) is 26.9 Å². The second kappa shape index (κ2) is 5.85. The van der Waals surface area contributed by atoms with Crippen LogP contribution in [0, 0.1) is 6.92 Å². The molecule has 0 aliphatic heterocycles. The van der Waals surface area contributed by atoms with Gasteiger partial charge in [0.15, 0.2) is 0 Å².